The van der Waals surface area contributed by atoms with Crippen LogP contribution in [0.15, 0.2) is 11.0 Å². The number of aliphatic carboxylic acids is 1. The summed E-state index contributed by atoms with van der Waals surface area (Å²) in [4.78, 5) is 25.6. The van der Waals surface area contributed by atoms with Crippen molar-refractivity contribution in [3.63, 3.8) is 0 Å². The lowest BCUT2D eigenvalue weighted by molar-refractivity contribution is -0.138. The molecule has 0 spiro atoms. The summed E-state index contributed by atoms with van der Waals surface area (Å²) in [6.07, 6.45) is 1.53. The van der Waals surface area contributed by atoms with Crippen LogP contribution >= 0.6 is 0 Å². The molecule has 12 heavy (non-hydrogen) atoms. The fourth-order valence-electron chi connectivity index (χ4n) is 0.805. The number of hydrogen-bond acceptors (Lipinski definition) is 3. The van der Waals surface area contributed by atoms with Crippen LogP contribution in [0.2, 0.25) is 0 Å². The van der Waals surface area contributed by atoms with Gasteiger partial charge in [0.2, 0.25) is 0 Å². The lowest BCUT2D eigenvalue weighted by Crippen LogP contribution is -2.32. The van der Waals surface area contributed by atoms with E-state index in [9.17, 15) is 9.59 Å². The number of hydrogen-bond donors (Lipinski definition) is 4. The first-order valence-electron chi connectivity index (χ1n) is 3.34. The average molecular weight is 171 g/mol. The second-order valence-electron chi connectivity index (χ2n) is 2.42. The predicted octanol–water partition coefficient (Wildman–Crippen LogP) is -1.34. The van der Waals surface area contributed by atoms with E-state index in [1.807, 2.05) is 0 Å². The Morgan fingerprint density at radius 2 is 2.42 bits per heavy atom. The van der Waals surface area contributed by atoms with Crippen LogP contribution in [0.1, 0.15) is 5.69 Å². The van der Waals surface area contributed by atoms with E-state index in [-0.39, 0.29) is 12.1 Å². The number of aromatic nitrogens is 2. The Bertz CT molecular complexity index is 327. The van der Waals surface area contributed by atoms with Crippen molar-refractivity contribution in [2.45, 2.75) is 12.5 Å². The first-order chi connectivity index (χ1) is 5.59. The fourth-order valence-corrected chi connectivity index (χ4v) is 0.805. The molecular weight excluding hydrogens is 162 g/mol. The second kappa shape index (κ2) is 3.22. The molecule has 1 atom stereocenters. The van der Waals surface area contributed by atoms with Crippen LogP contribution in [0, 0.1) is 0 Å². The molecule has 0 aliphatic carbocycles. The summed E-state index contributed by atoms with van der Waals surface area (Å²) in [7, 11) is 0. The maximum Gasteiger partial charge on any atom is 0.323 e. The number of H-pyrrole nitrogens is 2. The van der Waals surface area contributed by atoms with Gasteiger partial charge in [0, 0.05) is 18.3 Å². The summed E-state index contributed by atoms with van der Waals surface area (Å²) in [6.45, 7) is 0. The van der Waals surface area contributed by atoms with Crippen molar-refractivity contribution in [2.24, 2.45) is 5.73 Å². The average Bonchev–Trinajstić information content (AvgIpc) is 2.35. The van der Waals surface area contributed by atoms with E-state index in [0.29, 0.717) is 5.69 Å². The molecule has 5 N–H and O–H groups in total. The molecule has 0 radical (unpaired) electrons. The lowest BCUT2D eigenvalue weighted by atomic mass is 10.2. The largest absolute Gasteiger partial charge is 0.480 e. The van der Waals surface area contributed by atoms with Crippen LogP contribution < -0.4 is 11.4 Å². The van der Waals surface area contributed by atoms with Crippen LogP contribution in [0.25, 0.3) is 0 Å². The van der Waals surface area contributed by atoms with E-state index in [1.54, 1.807) is 0 Å². The summed E-state index contributed by atoms with van der Waals surface area (Å²) < 4.78 is 0. The zero-order chi connectivity index (χ0) is 9.14. The molecule has 0 fully saturated rings. The normalized spacial score (nSPS) is 12.8. The van der Waals surface area contributed by atoms with Crippen molar-refractivity contribution in [2.75, 3.05) is 0 Å². The maximum atomic E-state index is 10.5. The molecule has 6 heteroatoms. The predicted molar refractivity (Wildman–Crippen MR) is 40.7 cm³/mol. The van der Waals surface area contributed by atoms with Gasteiger partial charge in [0.1, 0.15) is 6.04 Å². The molecular formula is C6H9N3O3. The number of carboxylic acids is 1. The van der Waals surface area contributed by atoms with E-state index >= 15 is 0 Å². The molecule has 0 saturated carbocycles. The molecule has 0 aromatic carbocycles. The van der Waals surface area contributed by atoms with E-state index < -0.39 is 12.0 Å². The zero-order valence-corrected chi connectivity index (χ0v) is 6.20. The van der Waals surface area contributed by atoms with E-state index in [0.717, 1.165) is 0 Å². The number of carbonyl (C=O) groups is 1. The number of rotatable bonds is 3. The highest BCUT2D eigenvalue weighted by Gasteiger charge is 2.12. The van der Waals surface area contributed by atoms with Crippen molar-refractivity contribution < 1.29 is 9.90 Å². The highest BCUT2D eigenvalue weighted by atomic mass is 16.4. The third-order valence-electron chi connectivity index (χ3n) is 1.41. The quantitative estimate of drug-likeness (QED) is 0.450. The van der Waals surface area contributed by atoms with Gasteiger partial charge in [-0.25, -0.2) is 4.79 Å². The van der Waals surface area contributed by atoms with Crippen LogP contribution in [0.5, 0.6) is 0 Å². The molecule has 1 rings (SSSR count). The second-order valence-corrected chi connectivity index (χ2v) is 2.42. The van der Waals surface area contributed by atoms with Crippen molar-refractivity contribution in [1.82, 2.24) is 9.97 Å². The molecule has 1 heterocycles. The Kier molecular flexibility index (Phi) is 2.29. The minimum atomic E-state index is -1.09. The molecule has 66 valence electrons. The Morgan fingerprint density at radius 3 is 2.83 bits per heavy atom. The summed E-state index contributed by atoms with van der Waals surface area (Å²) in [5.74, 6) is -1.09. The monoisotopic (exact) mass is 171 g/mol. The fraction of sp³-hybridized carbons (Fsp3) is 0.333. The van der Waals surface area contributed by atoms with Gasteiger partial charge < -0.3 is 20.8 Å². The molecule has 0 bridgehead atoms. The third kappa shape index (κ3) is 1.96. The number of aromatic amines is 2. The third-order valence-corrected chi connectivity index (χ3v) is 1.41. The molecule has 1 aromatic heterocycles. The summed E-state index contributed by atoms with van der Waals surface area (Å²) in [5.41, 5.74) is 5.36. The maximum absolute atomic E-state index is 10.5. The number of nitrogens with one attached hydrogen (secondary N) is 2. The number of nitrogens with two attached hydrogens (primary N) is 1. The molecule has 0 aliphatic heterocycles. The topological polar surface area (TPSA) is 112 Å². The van der Waals surface area contributed by atoms with Gasteiger partial charge in [-0.2, -0.15) is 0 Å². The van der Waals surface area contributed by atoms with Gasteiger partial charge in [-0.15, -0.1) is 0 Å². The highest BCUT2D eigenvalue weighted by Crippen LogP contribution is 1.93. The number of imidazole rings is 1. The van der Waals surface area contributed by atoms with Gasteiger partial charge >= 0.3 is 11.7 Å². The zero-order valence-electron chi connectivity index (χ0n) is 6.20. The van der Waals surface area contributed by atoms with Crippen LogP contribution in [-0.2, 0) is 11.2 Å². The van der Waals surface area contributed by atoms with Gasteiger partial charge in [-0.05, 0) is 0 Å². The van der Waals surface area contributed by atoms with E-state index in [4.69, 9.17) is 10.8 Å². The minimum Gasteiger partial charge on any atom is -0.480 e. The Balaban J connectivity index is 2.64. The van der Waals surface area contributed by atoms with Crippen LogP contribution in [0.3, 0.4) is 0 Å². The Hall–Kier alpha value is -1.56. The van der Waals surface area contributed by atoms with Gasteiger partial charge in [-0.1, -0.05) is 0 Å². The van der Waals surface area contributed by atoms with Crippen LogP contribution in [-0.4, -0.2) is 27.1 Å². The van der Waals surface area contributed by atoms with Crippen molar-refractivity contribution in [1.29, 1.82) is 0 Å². The summed E-state index contributed by atoms with van der Waals surface area (Å²) in [5, 5.41) is 8.42. The SMILES string of the molecule is N[C@H](Cc1c[nH]c(=O)[nH]1)C(=O)O. The van der Waals surface area contributed by atoms with Crippen LogP contribution in [0.4, 0.5) is 0 Å². The number of carboxylic acid groups (broad SMARTS) is 1. The molecule has 6 nitrogen and oxygen atoms in total. The highest BCUT2D eigenvalue weighted by molar-refractivity contribution is 5.73. The molecule has 0 saturated heterocycles. The first kappa shape index (κ1) is 8.54. The summed E-state index contributed by atoms with van der Waals surface area (Å²) >= 11 is 0. The lowest BCUT2D eigenvalue weighted by Gasteiger charge is -2.01. The first-order valence-corrected chi connectivity index (χ1v) is 3.34. The van der Waals surface area contributed by atoms with Gasteiger partial charge in [-0.3, -0.25) is 4.79 Å². The minimum absolute atomic E-state index is 0.119. The Morgan fingerprint density at radius 1 is 1.75 bits per heavy atom. The molecule has 1 aromatic rings. The van der Waals surface area contributed by atoms with Gasteiger partial charge in [0.15, 0.2) is 0 Å². The smallest absolute Gasteiger partial charge is 0.323 e. The van der Waals surface area contributed by atoms with Gasteiger partial charge in [0.05, 0.1) is 0 Å². The van der Waals surface area contributed by atoms with E-state index in [1.165, 1.54) is 6.20 Å². The van der Waals surface area contributed by atoms with Crippen molar-refractivity contribution in [3.05, 3.63) is 22.4 Å². The molecule has 0 unspecified atom stereocenters. The summed E-state index contributed by atoms with van der Waals surface area (Å²) in [6, 6.07) is -0.976. The Labute approximate surface area is 67.4 Å². The van der Waals surface area contributed by atoms with Crippen molar-refractivity contribution in [3.8, 4) is 0 Å². The molecule has 0 aliphatic rings. The van der Waals surface area contributed by atoms with Gasteiger partial charge in [0.25, 0.3) is 0 Å². The standard InChI is InChI=1S/C6H9N3O3/c7-4(5(10)11)1-3-2-8-6(12)9-3/h2,4H,1,7H2,(H,10,11)(H2,8,9,12)/t4-/m1/s1. The molecule has 0 amide bonds. The van der Waals surface area contributed by atoms with E-state index in [2.05, 4.69) is 9.97 Å². The van der Waals surface area contributed by atoms with Crippen molar-refractivity contribution >= 4 is 5.97 Å².